The number of ether oxygens (including phenoxy) is 1. The first-order chi connectivity index (χ1) is 10.2. The minimum absolute atomic E-state index is 0.221. The summed E-state index contributed by atoms with van der Waals surface area (Å²) in [5, 5.41) is 25.7. The molecule has 0 aromatic heterocycles. The van der Waals surface area contributed by atoms with E-state index in [0.717, 1.165) is 5.69 Å². The van der Waals surface area contributed by atoms with Crippen molar-refractivity contribution < 1.29 is 19.7 Å². The van der Waals surface area contributed by atoms with Crippen molar-refractivity contribution in [3.63, 3.8) is 0 Å². The van der Waals surface area contributed by atoms with Gasteiger partial charge in [-0.3, -0.25) is 0 Å². The molecule has 0 aliphatic rings. The van der Waals surface area contributed by atoms with Crippen LogP contribution in [0.2, 0.25) is 0 Å². The number of carbonyl (C=O) groups excluding carboxylic acids is 1. The molecule has 0 saturated heterocycles. The zero-order chi connectivity index (χ0) is 16.8. The van der Waals surface area contributed by atoms with Gasteiger partial charge in [-0.05, 0) is 44.9 Å². The average Bonchev–Trinajstić information content (AvgIpc) is 2.44. The fourth-order valence-electron chi connectivity index (χ4n) is 1.89. The topological polar surface area (TPSA) is 90.8 Å². The Hall–Kier alpha value is -1.79. The smallest absolute Gasteiger partial charge is 0.407 e. The number of amides is 1. The third-order valence-electron chi connectivity index (χ3n) is 2.99. The maximum Gasteiger partial charge on any atom is 0.407 e. The van der Waals surface area contributed by atoms with Crippen LogP contribution in [-0.4, -0.2) is 41.6 Å². The second kappa shape index (κ2) is 8.00. The van der Waals surface area contributed by atoms with Gasteiger partial charge in [0.25, 0.3) is 0 Å². The van der Waals surface area contributed by atoms with Crippen molar-refractivity contribution in [3.05, 3.63) is 29.8 Å². The highest BCUT2D eigenvalue weighted by atomic mass is 16.6. The average molecular weight is 310 g/mol. The molecule has 6 nitrogen and oxygen atoms in total. The van der Waals surface area contributed by atoms with Crippen LogP contribution >= 0.6 is 0 Å². The minimum Gasteiger partial charge on any atom is -0.444 e. The SMILES string of the molecule is CNc1cccc(C(O)C(O)CCNC(=O)OC(C)(C)C)c1. The first-order valence-corrected chi connectivity index (χ1v) is 7.33. The van der Waals surface area contributed by atoms with E-state index in [1.165, 1.54) is 0 Å². The van der Waals surface area contributed by atoms with Crippen molar-refractivity contribution in [1.29, 1.82) is 0 Å². The van der Waals surface area contributed by atoms with Crippen LogP contribution in [0.1, 0.15) is 38.9 Å². The molecule has 0 radical (unpaired) electrons. The predicted molar refractivity (Wildman–Crippen MR) is 85.8 cm³/mol. The second-order valence-electron chi connectivity index (χ2n) is 6.10. The number of aliphatic hydroxyl groups excluding tert-OH is 2. The van der Waals surface area contributed by atoms with E-state index in [1.54, 1.807) is 46.0 Å². The first kappa shape index (κ1) is 18.3. The first-order valence-electron chi connectivity index (χ1n) is 7.33. The van der Waals surface area contributed by atoms with E-state index in [2.05, 4.69) is 10.6 Å². The minimum atomic E-state index is -1.01. The summed E-state index contributed by atoms with van der Waals surface area (Å²) in [6.07, 6.45) is -2.29. The van der Waals surface area contributed by atoms with Crippen LogP contribution in [0, 0.1) is 0 Å². The van der Waals surface area contributed by atoms with E-state index in [9.17, 15) is 15.0 Å². The molecule has 2 unspecified atom stereocenters. The van der Waals surface area contributed by atoms with Crippen LogP contribution in [0.25, 0.3) is 0 Å². The highest BCUT2D eigenvalue weighted by Crippen LogP contribution is 2.21. The van der Waals surface area contributed by atoms with Crippen molar-refractivity contribution in [3.8, 4) is 0 Å². The standard InChI is InChI=1S/C16H26N2O4/c1-16(2,3)22-15(21)18-9-8-13(19)14(20)11-6-5-7-12(10-11)17-4/h5-7,10,13-14,17,19-20H,8-9H2,1-4H3,(H,18,21). The van der Waals surface area contributed by atoms with Gasteiger partial charge in [0.2, 0.25) is 0 Å². The van der Waals surface area contributed by atoms with Crippen LogP contribution in [0.4, 0.5) is 10.5 Å². The largest absolute Gasteiger partial charge is 0.444 e. The van der Waals surface area contributed by atoms with Crippen molar-refractivity contribution >= 4 is 11.8 Å². The molecule has 124 valence electrons. The quantitative estimate of drug-likeness (QED) is 0.645. The van der Waals surface area contributed by atoms with Crippen LogP contribution in [-0.2, 0) is 4.74 Å². The van der Waals surface area contributed by atoms with Gasteiger partial charge in [0, 0.05) is 19.3 Å². The Morgan fingerprint density at radius 2 is 2.00 bits per heavy atom. The highest BCUT2D eigenvalue weighted by Gasteiger charge is 2.20. The van der Waals surface area contributed by atoms with E-state index < -0.39 is 23.9 Å². The number of nitrogens with one attached hydrogen (secondary N) is 2. The molecule has 0 bridgehead atoms. The molecular weight excluding hydrogens is 284 g/mol. The summed E-state index contributed by atoms with van der Waals surface area (Å²) in [6.45, 7) is 5.55. The number of rotatable bonds is 6. The van der Waals surface area contributed by atoms with Gasteiger partial charge in [-0.1, -0.05) is 12.1 Å². The lowest BCUT2D eigenvalue weighted by Crippen LogP contribution is -2.34. The molecule has 0 fully saturated rings. The Balaban J connectivity index is 2.44. The summed E-state index contributed by atoms with van der Waals surface area (Å²) >= 11 is 0. The molecule has 2 atom stereocenters. The molecule has 1 amide bonds. The van der Waals surface area contributed by atoms with Crippen LogP contribution in [0.5, 0.6) is 0 Å². The fourth-order valence-corrected chi connectivity index (χ4v) is 1.89. The van der Waals surface area contributed by atoms with Crippen LogP contribution in [0.3, 0.4) is 0 Å². The van der Waals surface area contributed by atoms with Crippen molar-refractivity contribution in [2.75, 3.05) is 18.9 Å². The van der Waals surface area contributed by atoms with Gasteiger partial charge in [0.05, 0.1) is 6.10 Å². The van der Waals surface area contributed by atoms with Gasteiger partial charge in [-0.2, -0.15) is 0 Å². The number of aliphatic hydroxyl groups is 2. The zero-order valence-electron chi connectivity index (χ0n) is 13.6. The fraction of sp³-hybridized carbons (Fsp3) is 0.562. The lowest BCUT2D eigenvalue weighted by atomic mass is 10.0. The molecule has 6 heteroatoms. The molecular formula is C16H26N2O4. The summed E-state index contributed by atoms with van der Waals surface area (Å²) < 4.78 is 5.09. The van der Waals surface area contributed by atoms with Crippen molar-refractivity contribution in [2.24, 2.45) is 0 Å². The number of benzene rings is 1. The van der Waals surface area contributed by atoms with Gasteiger partial charge < -0.3 is 25.6 Å². The van der Waals surface area contributed by atoms with Gasteiger partial charge in [-0.25, -0.2) is 4.79 Å². The van der Waals surface area contributed by atoms with Crippen molar-refractivity contribution in [1.82, 2.24) is 5.32 Å². The Kier molecular flexibility index (Phi) is 6.64. The number of hydrogen-bond donors (Lipinski definition) is 4. The van der Waals surface area contributed by atoms with E-state index in [4.69, 9.17) is 4.74 Å². The normalized spacial score (nSPS) is 14.1. The molecule has 1 aromatic carbocycles. The number of alkyl carbamates (subject to hydrolysis) is 1. The summed E-state index contributed by atoms with van der Waals surface area (Å²) in [4.78, 5) is 11.5. The number of carbonyl (C=O) groups is 1. The highest BCUT2D eigenvalue weighted by molar-refractivity contribution is 5.67. The Morgan fingerprint density at radius 3 is 2.59 bits per heavy atom. The van der Waals surface area contributed by atoms with Gasteiger partial charge in [-0.15, -0.1) is 0 Å². The van der Waals surface area contributed by atoms with Gasteiger partial charge in [0.15, 0.2) is 0 Å². The zero-order valence-corrected chi connectivity index (χ0v) is 13.6. The number of hydrogen-bond acceptors (Lipinski definition) is 5. The summed E-state index contributed by atoms with van der Waals surface area (Å²) in [5.41, 5.74) is 0.919. The van der Waals surface area contributed by atoms with Crippen LogP contribution in [0.15, 0.2) is 24.3 Å². The molecule has 0 heterocycles. The summed E-state index contributed by atoms with van der Waals surface area (Å²) in [7, 11) is 1.78. The predicted octanol–water partition coefficient (Wildman–Crippen LogP) is 2.04. The lowest BCUT2D eigenvalue weighted by molar-refractivity contribution is 0.0123. The lowest BCUT2D eigenvalue weighted by Gasteiger charge is -2.21. The third kappa shape index (κ3) is 6.32. The monoisotopic (exact) mass is 310 g/mol. The maximum atomic E-state index is 11.5. The molecule has 0 aliphatic heterocycles. The van der Waals surface area contributed by atoms with E-state index in [1.807, 2.05) is 6.07 Å². The van der Waals surface area contributed by atoms with E-state index >= 15 is 0 Å². The number of anilines is 1. The third-order valence-corrected chi connectivity index (χ3v) is 2.99. The van der Waals surface area contributed by atoms with Gasteiger partial charge in [0.1, 0.15) is 11.7 Å². The van der Waals surface area contributed by atoms with Crippen molar-refractivity contribution in [2.45, 2.75) is 45.0 Å². The molecule has 1 rings (SSSR count). The van der Waals surface area contributed by atoms with Crippen LogP contribution < -0.4 is 10.6 Å². The Labute approximate surface area is 131 Å². The molecule has 4 N–H and O–H groups in total. The summed E-state index contributed by atoms with van der Waals surface area (Å²) in [5.74, 6) is 0. The second-order valence-corrected chi connectivity index (χ2v) is 6.10. The maximum absolute atomic E-state index is 11.5. The summed E-state index contributed by atoms with van der Waals surface area (Å²) in [6, 6.07) is 7.19. The van der Waals surface area contributed by atoms with Gasteiger partial charge >= 0.3 is 6.09 Å². The Bertz CT molecular complexity index is 485. The molecule has 0 saturated carbocycles. The Morgan fingerprint density at radius 1 is 1.32 bits per heavy atom. The molecule has 0 spiro atoms. The molecule has 1 aromatic rings. The van der Waals surface area contributed by atoms with E-state index in [-0.39, 0.29) is 13.0 Å². The van der Waals surface area contributed by atoms with E-state index in [0.29, 0.717) is 5.56 Å². The molecule has 0 aliphatic carbocycles. The molecule has 22 heavy (non-hydrogen) atoms.